The zero-order valence-corrected chi connectivity index (χ0v) is 19.2. The summed E-state index contributed by atoms with van der Waals surface area (Å²) in [5, 5.41) is 9.24. The minimum Gasteiger partial charge on any atom is -0.497 e. The highest BCUT2D eigenvalue weighted by Crippen LogP contribution is 2.25. The molecule has 3 heterocycles. The molecule has 0 amide bonds. The molecule has 0 saturated carbocycles. The number of methoxy groups -OCH3 is 1. The molecule has 176 valence electrons. The molecule has 1 unspecified atom stereocenters. The maximum absolute atomic E-state index is 11.3. The fourth-order valence-electron chi connectivity index (χ4n) is 3.77. The number of carboxylic acids is 1. The maximum atomic E-state index is 11.3. The average molecular weight is 454 g/mol. The van der Waals surface area contributed by atoms with Crippen molar-refractivity contribution < 1.29 is 19.4 Å². The molecule has 0 spiro atoms. The van der Waals surface area contributed by atoms with Gasteiger partial charge in [-0.1, -0.05) is 6.07 Å². The molecule has 2 aliphatic heterocycles. The monoisotopic (exact) mass is 453 g/mol. The van der Waals surface area contributed by atoms with Crippen molar-refractivity contribution in [3.8, 4) is 5.75 Å². The molecule has 1 saturated heterocycles. The van der Waals surface area contributed by atoms with E-state index in [1.54, 1.807) is 21.0 Å². The van der Waals surface area contributed by atoms with Crippen LogP contribution < -0.4 is 20.5 Å². The summed E-state index contributed by atoms with van der Waals surface area (Å²) in [7, 11) is 1.65. The Morgan fingerprint density at radius 1 is 1.18 bits per heavy atom. The molecule has 3 N–H and O–H groups in total. The predicted octanol–water partition coefficient (Wildman–Crippen LogP) is 2.74. The Hall–Kier alpha value is -3.17. The molecule has 0 aliphatic carbocycles. The molecular weight excluding hydrogens is 422 g/mol. The van der Waals surface area contributed by atoms with Crippen LogP contribution in [0.4, 0.5) is 5.82 Å². The quantitative estimate of drug-likeness (QED) is 0.560. The Morgan fingerprint density at radius 3 is 2.52 bits per heavy atom. The number of amidine groups is 1. The van der Waals surface area contributed by atoms with Crippen LogP contribution in [0.2, 0.25) is 0 Å². The van der Waals surface area contributed by atoms with E-state index in [-0.39, 0.29) is 18.9 Å². The van der Waals surface area contributed by atoms with E-state index in [1.807, 2.05) is 42.6 Å². The molecule has 2 aliphatic rings. The van der Waals surface area contributed by atoms with E-state index >= 15 is 0 Å². The second-order valence-electron chi connectivity index (χ2n) is 9.01. The van der Waals surface area contributed by atoms with Gasteiger partial charge in [0.05, 0.1) is 25.2 Å². The van der Waals surface area contributed by atoms with Gasteiger partial charge in [0.2, 0.25) is 0 Å². The minimum absolute atomic E-state index is 0.0821. The van der Waals surface area contributed by atoms with Gasteiger partial charge in [-0.25, -0.2) is 15.4 Å². The number of rotatable bonds is 8. The second kappa shape index (κ2) is 9.76. The van der Waals surface area contributed by atoms with Gasteiger partial charge >= 0.3 is 5.97 Å². The average Bonchev–Trinajstić information content (AvgIpc) is 3.34. The first-order chi connectivity index (χ1) is 15.9. The number of hydrogen-bond donors (Lipinski definition) is 3. The van der Waals surface area contributed by atoms with Crippen LogP contribution >= 0.6 is 0 Å². The van der Waals surface area contributed by atoms with Crippen molar-refractivity contribution in [2.75, 3.05) is 31.7 Å². The van der Waals surface area contributed by atoms with Gasteiger partial charge in [-0.2, -0.15) is 0 Å². The number of benzene rings is 1. The molecule has 1 atom stereocenters. The molecule has 9 nitrogen and oxygen atoms in total. The van der Waals surface area contributed by atoms with Crippen LogP contribution in [0.3, 0.4) is 0 Å². The predicted molar refractivity (Wildman–Crippen MR) is 125 cm³/mol. The summed E-state index contributed by atoms with van der Waals surface area (Å²) >= 11 is 0. The molecule has 1 aromatic heterocycles. The zero-order chi connectivity index (χ0) is 23.4. The molecule has 2 aromatic rings. The van der Waals surface area contributed by atoms with E-state index in [0.717, 1.165) is 54.5 Å². The first-order valence-corrected chi connectivity index (χ1v) is 11.2. The number of nitrogens with one attached hydrogen (secondary N) is 2. The Morgan fingerprint density at radius 2 is 1.91 bits per heavy atom. The molecule has 1 aromatic carbocycles. The van der Waals surface area contributed by atoms with Gasteiger partial charge in [-0.05, 0) is 57.0 Å². The lowest BCUT2D eigenvalue weighted by Gasteiger charge is -2.34. The first kappa shape index (κ1) is 23.0. The number of pyridine rings is 1. The van der Waals surface area contributed by atoms with Gasteiger partial charge in [-0.15, -0.1) is 0 Å². The summed E-state index contributed by atoms with van der Waals surface area (Å²) in [5.41, 5.74) is 7.42. The lowest BCUT2D eigenvalue weighted by atomic mass is 9.95. The van der Waals surface area contributed by atoms with Crippen molar-refractivity contribution in [1.82, 2.24) is 15.8 Å². The van der Waals surface area contributed by atoms with Crippen molar-refractivity contribution in [3.05, 3.63) is 53.7 Å². The van der Waals surface area contributed by atoms with E-state index < -0.39 is 11.4 Å². The first-order valence-electron chi connectivity index (χ1n) is 11.2. The standard InChI is InChI=1S/C24H31N5O4/c1-24(2,23(30)31)15-33-19-10-12-29(13-11-19)20-9-6-17(14-25-20)22-26-21(27-28-22)16-4-7-18(32-3)8-5-16/h4-9,14,19,22,28H,10-13,15H2,1-3H3,(H,26,27)(H,30,31). The van der Waals surface area contributed by atoms with Gasteiger partial charge in [0, 0.05) is 30.4 Å². The molecule has 0 bridgehead atoms. The van der Waals surface area contributed by atoms with Gasteiger partial charge in [0.25, 0.3) is 0 Å². The van der Waals surface area contributed by atoms with Crippen molar-refractivity contribution in [2.24, 2.45) is 10.4 Å². The summed E-state index contributed by atoms with van der Waals surface area (Å²) in [4.78, 5) is 22.9. The lowest BCUT2D eigenvalue weighted by molar-refractivity contribution is -0.152. The number of carboxylic acid groups (broad SMARTS) is 1. The van der Waals surface area contributed by atoms with Crippen LogP contribution in [0.25, 0.3) is 0 Å². The molecule has 0 radical (unpaired) electrons. The maximum Gasteiger partial charge on any atom is 0.311 e. The fourth-order valence-corrected chi connectivity index (χ4v) is 3.77. The van der Waals surface area contributed by atoms with Crippen molar-refractivity contribution in [2.45, 2.75) is 39.0 Å². The molecule has 1 fully saturated rings. The highest BCUT2D eigenvalue weighted by atomic mass is 16.5. The summed E-state index contributed by atoms with van der Waals surface area (Å²) < 4.78 is 11.1. The number of nitrogens with zero attached hydrogens (tertiary/aromatic N) is 3. The van der Waals surface area contributed by atoms with E-state index in [4.69, 9.17) is 14.5 Å². The smallest absolute Gasteiger partial charge is 0.311 e. The lowest BCUT2D eigenvalue weighted by Crippen LogP contribution is -2.39. The molecule has 33 heavy (non-hydrogen) atoms. The third-order valence-electron chi connectivity index (χ3n) is 6.06. The summed E-state index contributed by atoms with van der Waals surface area (Å²) in [6, 6.07) is 11.8. The summed E-state index contributed by atoms with van der Waals surface area (Å²) in [6.45, 7) is 5.26. The van der Waals surface area contributed by atoms with E-state index in [1.165, 1.54) is 0 Å². The Bertz CT molecular complexity index is 983. The second-order valence-corrected chi connectivity index (χ2v) is 9.01. The van der Waals surface area contributed by atoms with Crippen LogP contribution in [0.1, 0.15) is 44.0 Å². The van der Waals surface area contributed by atoms with E-state index in [0.29, 0.717) is 0 Å². The SMILES string of the molecule is COc1ccc(C2=NC(c3ccc(N4CCC(OCC(C)(C)C(=O)O)CC4)nc3)NN2)cc1. The van der Waals surface area contributed by atoms with Crippen molar-refractivity contribution in [1.29, 1.82) is 0 Å². The number of aliphatic imine (C=N–C) groups is 1. The van der Waals surface area contributed by atoms with Crippen LogP contribution in [0.5, 0.6) is 5.75 Å². The van der Waals surface area contributed by atoms with E-state index in [2.05, 4.69) is 20.7 Å². The van der Waals surface area contributed by atoms with Crippen LogP contribution in [0, 0.1) is 5.41 Å². The molecular formula is C24H31N5O4. The van der Waals surface area contributed by atoms with Gasteiger partial charge in [0.15, 0.2) is 0 Å². The number of carbonyl (C=O) groups is 1. The topological polar surface area (TPSA) is 108 Å². The number of hydrazine groups is 1. The van der Waals surface area contributed by atoms with Crippen LogP contribution in [0.15, 0.2) is 47.6 Å². The van der Waals surface area contributed by atoms with Crippen LogP contribution in [-0.4, -0.2) is 54.8 Å². The fraction of sp³-hybridized carbons (Fsp3) is 0.458. The molecule has 9 heteroatoms. The number of aromatic nitrogens is 1. The Labute approximate surface area is 193 Å². The largest absolute Gasteiger partial charge is 0.497 e. The highest BCUT2D eigenvalue weighted by Gasteiger charge is 2.30. The van der Waals surface area contributed by atoms with Gasteiger partial charge in [0.1, 0.15) is 23.6 Å². The van der Waals surface area contributed by atoms with Gasteiger partial charge in [-0.3, -0.25) is 4.79 Å². The number of piperidine rings is 1. The van der Waals surface area contributed by atoms with Crippen molar-refractivity contribution in [3.63, 3.8) is 0 Å². The number of ether oxygens (including phenoxy) is 2. The van der Waals surface area contributed by atoms with Crippen molar-refractivity contribution >= 4 is 17.6 Å². The number of anilines is 1. The highest BCUT2D eigenvalue weighted by molar-refractivity contribution is 5.99. The Kier molecular flexibility index (Phi) is 6.80. The summed E-state index contributed by atoms with van der Waals surface area (Å²) in [6.07, 6.45) is 3.43. The summed E-state index contributed by atoms with van der Waals surface area (Å²) in [5.74, 6) is 1.67. The third-order valence-corrected chi connectivity index (χ3v) is 6.06. The minimum atomic E-state index is -0.868. The Balaban J connectivity index is 1.31. The zero-order valence-electron chi connectivity index (χ0n) is 19.2. The van der Waals surface area contributed by atoms with Crippen LogP contribution in [-0.2, 0) is 9.53 Å². The normalized spacial score (nSPS) is 19.2. The number of aliphatic carboxylic acids is 1. The number of hydrogen-bond acceptors (Lipinski definition) is 8. The van der Waals surface area contributed by atoms with E-state index in [9.17, 15) is 9.90 Å². The molecule has 4 rings (SSSR count). The third kappa shape index (κ3) is 5.43. The van der Waals surface area contributed by atoms with Gasteiger partial charge < -0.3 is 24.9 Å².